The van der Waals surface area contributed by atoms with Crippen LogP contribution in [0.5, 0.6) is 11.5 Å². The van der Waals surface area contributed by atoms with Crippen molar-refractivity contribution in [1.29, 1.82) is 0 Å². The zero-order valence-corrected chi connectivity index (χ0v) is 12.4. The molecule has 0 amide bonds. The summed E-state index contributed by atoms with van der Waals surface area (Å²) < 4.78 is 16.4. The van der Waals surface area contributed by atoms with E-state index in [0.717, 1.165) is 30.2 Å². The van der Waals surface area contributed by atoms with Gasteiger partial charge < -0.3 is 19.9 Å². The van der Waals surface area contributed by atoms with E-state index in [0.29, 0.717) is 18.4 Å². The molecule has 0 radical (unpaired) electrons. The molecule has 2 unspecified atom stereocenters. The summed E-state index contributed by atoms with van der Waals surface area (Å²) in [6.07, 6.45) is 3.78. The molecule has 2 atom stereocenters. The third-order valence-corrected chi connectivity index (χ3v) is 4.17. The van der Waals surface area contributed by atoms with Gasteiger partial charge in [0.1, 0.15) is 0 Å². The SMILES string of the molecule is COc1ccc(COCC2CCCC2CN)cc1OC. The summed E-state index contributed by atoms with van der Waals surface area (Å²) in [5, 5.41) is 0. The van der Waals surface area contributed by atoms with E-state index < -0.39 is 0 Å². The summed E-state index contributed by atoms with van der Waals surface area (Å²) in [6.45, 7) is 2.19. The lowest BCUT2D eigenvalue weighted by molar-refractivity contribution is 0.0752. The van der Waals surface area contributed by atoms with E-state index in [1.807, 2.05) is 18.2 Å². The Labute approximate surface area is 121 Å². The Bertz CT molecular complexity index is 422. The van der Waals surface area contributed by atoms with Crippen molar-refractivity contribution in [3.63, 3.8) is 0 Å². The average Bonchev–Trinajstić information content (AvgIpc) is 2.94. The molecule has 0 bridgehead atoms. The van der Waals surface area contributed by atoms with Gasteiger partial charge in [-0.2, -0.15) is 0 Å². The molecule has 0 aliphatic heterocycles. The molecule has 4 heteroatoms. The Hall–Kier alpha value is -1.26. The molecule has 0 spiro atoms. The van der Waals surface area contributed by atoms with Gasteiger partial charge in [-0.3, -0.25) is 0 Å². The smallest absolute Gasteiger partial charge is 0.161 e. The molecule has 1 aliphatic carbocycles. The van der Waals surface area contributed by atoms with Crippen molar-refractivity contribution in [2.24, 2.45) is 17.6 Å². The van der Waals surface area contributed by atoms with Crippen LogP contribution in [0.4, 0.5) is 0 Å². The number of nitrogens with two attached hydrogens (primary N) is 1. The van der Waals surface area contributed by atoms with Gasteiger partial charge in [-0.1, -0.05) is 12.5 Å². The van der Waals surface area contributed by atoms with E-state index in [1.165, 1.54) is 19.3 Å². The van der Waals surface area contributed by atoms with Crippen molar-refractivity contribution < 1.29 is 14.2 Å². The van der Waals surface area contributed by atoms with Crippen LogP contribution in [0.2, 0.25) is 0 Å². The number of hydrogen-bond donors (Lipinski definition) is 1. The highest BCUT2D eigenvalue weighted by molar-refractivity contribution is 5.42. The van der Waals surface area contributed by atoms with E-state index in [9.17, 15) is 0 Å². The van der Waals surface area contributed by atoms with Crippen LogP contribution >= 0.6 is 0 Å². The number of benzene rings is 1. The molecule has 0 aromatic heterocycles. The number of ether oxygens (including phenoxy) is 3. The minimum absolute atomic E-state index is 0.605. The van der Waals surface area contributed by atoms with Crippen LogP contribution in [0, 0.1) is 11.8 Å². The average molecular weight is 279 g/mol. The standard InChI is InChI=1S/C16H25NO3/c1-18-15-7-6-12(8-16(15)19-2)10-20-11-14-5-3-4-13(14)9-17/h6-8,13-14H,3-5,9-11,17H2,1-2H3. The molecule has 4 nitrogen and oxygen atoms in total. The number of methoxy groups -OCH3 is 2. The van der Waals surface area contributed by atoms with Crippen LogP contribution < -0.4 is 15.2 Å². The predicted octanol–water partition coefficient (Wildman–Crippen LogP) is 2.60. The van der Waals surface area contributed by atoms with Gasteiger partial charge in [0.25, 0.3) is 0 Å². The first-order valence-electron chi connectivity index (χ1n) is 7.27. The maximum Gasteiger partial charge on any atom is 0.161 e. The largest absolute Gasteiger partial charge is 0.493 e. The van der Waals surface area contributed by atoms with Crippen molar-refractivity contribution >= 4 is 0 Å². The Morgan fingerprint density at radius 2 is 1.85 bits per heavy atom. The first-order valence-corrected chi connectivity index (χ1v) is 7.27. The molecule has 20 heavy (non-hydrogen) atoms. The van der Waals surface area contributed by atoms with Gasteiger partial charge >= 0.3 is 0 Å². The zero-order chi connectivity index (χ0) is 14.4. The summed E-state index contributed by atoms with van der Waals surface area (Å²) in [5.41, 5.74) is 6.89. The molecule has 2 N–H and O–H groups in total. The van der Waals surface area contributed by atoms with E-state index in [4.69, 9.17) is 19.9 Å². The fourth-order valence-electron chi connectivity index (χ4n) is 2.94. The summed E-state index contributed by atoms with van der Waals surface area (Å²) in [5.74, 6) is 2.75. The van der Waals surface area contributed by atoms with E-state index in [1.54, 1.807) is 14.2 Å². The van der Waals surface area contributed by atoms with Crippen molar-refractivity contribution in [3.05, 3.63) is 23.8 Å². The summed E-state index contributed by atoms with van der Waals surface area (Å²) >= 11 is 0. The van der Waals surface area contributed by atoms with Crippen LogP contribution in [0.1, 0.15) is 24.8 Å². The molecule has 1 aliphatic rings. The first kappa shape index (κ1) is 15.1. The molecule has 1 aromatic carbocycles. The fourth-order valence-corrected chi connectivity index (χ4v) is 2.94. The van der Waals surface area contributed by atoms with Crippen molar-refractivity contribution in [1.82, 2.24) is 0 Å². The van der Waals surface area contributed by atoms with Crippen molar-refractivity contribution in [2.45, 2.75) is 25.9 Å². The Kier molecular flexibility index (Phi) is 5.68. The first-order chi connectivity index (χ1) is 9.78. The van der Waals surface area contributed by atoms with Crippen LogP contribution in [0.3, 0.4) is 0 Å². The van der Waals surface area contributed by atoms with Crippen molar-refractivity contribution in [3.8, 4) is 11.5 Å². The molecule has 1 saturated carbocycles. The third-order valence-electron chi connectivity index (χ3n) is 4.17. The molecule has 2 rings (SSSR count). The van der Waals surface area contributed by atoms with Crippen LogP contribution in [0.25, 0.3) is 0 Å². The minimum Gasteiger partial charge on any atom is -0.493 e. The Morgan fingerprint density at radius 1 is 1.10 bits per heavy atom. The highest BCUT2D eigenvalue weighted by Crippen LogP contribution is 2.31. The highest BCUT2D eigenvalue weighted by Gasteiger charge is 2.25. The summed E-state index contributed by atoms with van der Waals surface area (Å²) in [7, 11) is 3.29. The second-order valence-electron chi connectivity index (χ2n) is 5.39. The van der Waals surface area contributed by atoms with E-state index in [-0.39, 0.29) is 0 Å². The van der Waals surface area contributed by atoms with Crippen LogP contribution in [-0.4, -0.2) is 27.4 Å². The third kappa shape index (κ3) is 3.64. The monoisotopic (exact) mass is 279 g/mol. The molecule has 1 aromatic rings. The van der Waals surface area contributed by atoms with Gasteiger partial charge in [0.2, 0.25) is 0 Å². The quantitative estimate of drug-likeness (QED) is 0.833. The maximum atomic E-state index is 5.86. The van der Waals surface area contributed by atoms with E-state index in [2.05, 4.69) is 0 Å². The summed E-state index contributed by atoms with van der Waals surface area (Å²) in [4.78, 5) is 0. The normalized spacial score (nSPS) is 21.9. The molecule has 1 fully saturated rings. The summed E-state index contributed by atoms with van der Waals surface area (Å²) in [6, 6.07) is 5.89. The zero-order valence-electron chi connectivity index (χ0n) is 12.4. The second kappa shape index (κ2) is 7.50. The topological polar surface area (TPSA) is 53.7 Å². The number of rotatable bonds is 7. The van der Waals surface area contributed by atoms with Gasteiger partial charge in [-0.05, 0) is 48.9 Å². The Morgan fingerprint density at radius 3 is 2.55 bits per heavy atom. The van der Waals surface area contributed by atoms with Crippen LogP contribution in [-0.2, 0) is 11.3 Å². The van der Waals surface area contributed by atoms with Gasteiger partial charge in [0.05, 0.1) is 27.4 Å². The minimum atomic E-state index is 0.605. The highest BCUT2D eigenvalue weighted by atomic mass is 16.5. The van der Waals surface area contributed by atoms with Gasteiger partial charge in [-0.15, -0.1) is 0 Å². The lowest BCUT2D eigenvalue weighted by Crippen LogP contribution is -2.22. The molecule has 112 valence electrons. The fraction of sp³-hybridized carbons (Fsp3) is 0.625. The van der Waals surface area contributed by atoms with Gasteiger partial charge in [-0.25, -0.2) is 0 Å². The second-order valence-corrected chi connectivity index (χ2v) is 5.39. The van der Waals surface area contributed by atoms with Gasteiger partial charge in [0, 0.05) is 0 Å². The van der Waals surface area contributed by atoms with E-state index >= 15 is 0 Å². The van der Waals surface area contributed by atoms with Gasteiger partial charge in [0.15, 0.2) is 11.5 Å². The number of hydrogen-bond acceptors (Lipinski definition) is 4. The predicted molar refractivity (Wildman–Crippen MR) is 79.1 cm³/mol. The Balaban J connectivity index is 1.85. The van der Waals surface area contributed by atoms with Crippen molar-refractivity contribution in [2.75, 3.05) is 27.4 Å². The molecule has 0 heterocycles. The molecular weight excluding hydrogens is 254 g/mol. The maximum absolute atomic E-state index is 5.86. The lowest BCUT2D eigenvalue weighted by atomic mass is 9.97. The molecule has 0 saturated heterocycles. The van der Waals surface area contributed by atoms with Crippen LogP contribution in [0.15, 0.2) is 18.2 Å². The lowest BCUT2D eigenvalue weighted by Gasteiger charge is -2.18. The molecular formula is C16H25NO3.